The SMILES string of the molecule is CC.CCC(=O)N1CCCC1N. The number of rotatable bonds is 1. The molecule has 2 N–H and O–H groups in total. The predicted octanol–water partition coefficient (Wildman–Crippen LogP) is 1.33. The average Bonchev–Trinajstić information content (AvgIpc) is 2.54. The van der Waals surface area contributed by atoms with Gasteiger partial charge in [-0.2, -0.15) is 0 Å². The van der Waals surface area contributed by atoms with Gasteiger partial charge in [-0.1, -0.05) is 20.8 Å². The Morgan fingerprint density at radius 1 is 1.58 bits per heavy atom. The minimum Gasteiger partial charge on any atom is -0.327 e. The Morgan fingerprint density at radius 2 is 2.17 bits per heavy atom. The van der Waals surface area contributed by atoms with Gasteiger partial charge in [0.2, 0.25) is 5.91 Å². The molecule has 12 heavy (non-hydrogen) atoms. The van der Waals surface area contributed by atoms with E-state index >= 15 is 0 Å². The van der Waals surface area contributed by atoms with Crippen molar-refractivity contribution in [3.63, 3.8) is 0 Å². The van der Waals surface area contributed by atoms with Gasteiger partial charge < -0.3 is 10.6 Å². The van der Waals surface area contributed by atoms with E-state index in [1.807, 2.05) is 20.8 Å². The van der Waals surface area contributed by atoms with Crippen molar-refractivity contribution < 1.29 is 4.79 Å². The van der Waals surface area contributed by atoms with Gasteiger partial charge in [-0.25, -0.2) is 0 Å². The van der Waals surface area contributed by atoms with Crippen molar-refractivity contribution in [3.05, 3.63) is 0 Å². The van der Waals surface area contributed by atoms with E-state index < -0.39 is 0 Å². The zero-order valence-electron chi connectivity index (χ0n) is 8.34. The molecule has 0 saturated carbocycles. The average molecular weight is 172 g/mol. The second-order valence-electron chi connectivity index (χ2n) is 2.65. The molecule has 3 heteroatoms. The minimum absolute atomic E-state index is 0.00699. The molecule has 1 unspecified atom stereocenters. The predicted molar refractivity (Wildman–Crippen MR) is 50.6 cm³/mol. The molecule has 1 aliphatic heterocycles. The van der Waals surface area contributed by atoms with E-state index in [9.17, 15) is 4.79 Å². The number of carbonyl (C=O) groups excluding carboxylic acids is 1. The molecule has 1 atom stereocenters. The van der Waals surface area contributed by atoms with Crippen LogP contribution in [-0.4, -0.2) is 23.5 Å². The molecule has 0 spiro atoms. The molecule has 1 saturated heterocycles. The number of likely N-dealkylation sites (tertiary alicyclic amines) is 1. The molecule has 0 aromatic carbocycles. The largest absolute Gasteiger partial charge is 0.327 e. The molecular formula is C9H20N2O. The second kappa shape index (κ2) is 6.00. The van der Waals surface area contributed by atoms with E-state index in [4.69, 9.17) is 5.73 Å². The summed E-state index contributed by atoms with van der Waals surface area (Å²) in [6.07, 6.45) is 2.60. The topological polar surface area (TPSA) is 46.3 Å². The first-order valence-corrected chi connectivity index (χ1v) is 4.80. The van der Waals surface area contributed by atoms with Crippen LogP contribution < -0.4 is 5.73 Å². The number of hydrogen-bond acceptors (Lipinski definition) is 2. The molecule has 0 aromatic heterocycles. The fourth-order valence-corrected chi connectivity index (χ4v) is 1.31. The molecule has 1 fully saturated rings. The van der Waals surface area contributed by atoms with Crippen molar-refractivity contribution in [3.8, 4) is 0 Å². The third-order valence-corrected chi connectivity index (χ3v) is 1.92. The lowest BCUT2D eigenvalue weighted by Gasteiger charge is -2.19. The van der Waals surface area contributed by atoms with E-state index in [1.54, 1.807) is 4.90 Å². The monoisotopic (exact) mass is 172 g/mol. The zero-order valence-corrected chi connectivity index (χ0v) is 8.34. The van der Waals surface area contributed by atoms with Crippen LogP contribution in [0.5, 0.6) is 0 Å². The maximum absolute atomic E-state index is 11.1. The highest BCUT2D eigenvalue weighted by molar-refractivity contribution is 5.76. The zero-order chi connectivity index (χ0) is 9.56. The fourth-order valence-electron chi connectivity index (χ4n) is 1.31. The molecule has 3 nitrogen and oxygen atoms in total. The molecule has 1 heterocycles. The second-order valence-corrected chi connectivity index (χ2v) is 2.65. The van der Waals surface area contributed by atoms with Crippen molar-refractivity contribution in [2.24, 2.45) is 5.73 Å². The third kappa shape index (κ3) is 2.81. The highest BCUT2D eigenvalue weighted by atomic mass is 16.2. The molecule has 72 valence electrons. The summed E-state index contributed by atoms with van der Waals surface area (Å²) >= 11 is 0. The number of carbonyl (C=O) groups is 1. The van der Waals surface area contributed by atoms with Crippen LogP contribution in [0.3, 0.4) is 0 Å². The summed E-state index contributed by atoms with van der Waals surface area (Å²) in [6, 6.07) is 0. The smallest absolute Gasteiger partial charge is 0.223 e. The summed E-state index contributed by atoms with van der Waals surface area (Å²) in [5.41, 5.74) is 5.66. The summed E-state index contributed by atoms with van der Waals surface area (Å²) in [5, 5.41) is 0. The van der Waals surface area contributed by atoms with E-state index in [0.29, 0.717) is 6.42 Å². The Balaban J connectivity index is 0.000000561. The lowest BCUT2D eigenvalue weighted by atomic mass is 10.3. The number of amides is 1. The Bertz CT molecular complexity index is 136. The van der Waals surface area contributed by atoms with Crippen molar-refractivity contribution in [1.29, 1.82) is 0 Å². The number of nitrogens with zero attached hydrogens (tertiary/aromatic N) is 1. The van der Waals surface area contributed by atoms with E-state index in [1.165, 1.54) is 0 Å². The first kappa shape index (κ1) is 11.4. The van der Waals surface area contributed by atoms with Crippen LogP contribution in [0.15, 0.2) is 0 Å². The Hall–Kier alpha value is -0.570. The van der Waals surface area contributed by atoms with Gasteiger partial charge in [0.1, 0.15) is 0 Å². The summed E-state index contributed by atoms with van der Waals surface area (Å²) in [5.74, 6) is 0.185. The van der Waals surface area contributed by atoms with E-state index in [-0.39, 0.29) is 12.1 Å². The van der Waals surface area contributed by atoms with E-state index in [2.05, 4.69) is 0 Å². The van der Waals surface area contributed by atoms with Gasteiger partial charge in [0.25, 0.3) is 0 Å². The Labute approximate surface area is 74.9 Å². The van der Waals surface area contributed by atoms with Gasteiger partial charge in [-0.05, 0) is 12.8 Å². The lowest BCUT2D eigenvalue weighted by Crippen LogP contribution is -2.40. The molecule has 0 radical (unpaired) electrons. The van der Waals surface area contributed by atoms with Gasteiger partial charge in [-0.3, -0.25) is 4.79 Å². The van der Waals surface area contributed by atoms with Crippen LogP contribution in [0.1, 0.15) is 40.0 Å². The molecular weight excluding hydrogens is 152 g/mol. The van der Waals surface area contributed by atoms with Crippen molar-refractivity contribution in [2.75, 3.05) is 6.54 Å². The molecule has 0 bridgehead atoms. The summed E-state index contributed by atoms with van der Waals surface area (Å²) < 4.78 is 0. The fraction of sp³-hybridized carbons (Fsp3) is 0.889. The lowest BCUT2D eigenvalue weighted by molar-refractivity contribution is -0.131. The highest BCUT2D eigenvalue weighted by Gasteiger charge is 2.23. The van der Waals surface area contributed by atoms with Crippen LogP contribution in [0.2, 0.25) is 0 Å². The van der Waals surface area contributed by atoms with Gasteiger partial charge in [-0.15, -0.1) is 0 Å². The van der Waals surface area contributed by atoms with Crippen LogP contribution in [-0.2, 0) is 4.79 Å². The summed E-state index contributed by atoms with van der Waals surface area (Å²) in [4.78, 5) is 12.8. The molecule has 1 amide bonds. The maximum atomic E-state index is 11.1. The maximum Gasteiger partial charge on any atom is 0.223 e. The van der Waals surface area contributed by atoms with Crippen molar-refractivity contribution in [1.82, 2.24) is 4.90 Å². The quantitative estimate of drug-likeness (QED) is 0.648. The standard InChI is InChI=1S/C7H14N2O.C2H6/c1-2-7(10)9-5-3-4-6(9)8;1-2/h6H,2-5,8H2,1H3;1-2H3. The Morgan fingerprint density at radius 3 is 2.50 bits per heavy atom. The van der Waals surface area contributed by atoms with Gasteiger partial charge in [0.05, 0.1) is 6.17 Å². The van der Waals surface area contributed by atoms with Gasteiger partial charge >= 0.3 is 0 Å². The first-order chi connectivity index (χ1) is 5.75. The molecule has 1 aliphatic rings. The van der Waals surface area contributed by atoms with Crippen molar-refractivity contribution >= 4 is 5.91 Å². The molecule has 0 aromatic rings. The van der Waals surface area contributed by atoms with Crippen LogP contribution in [0.4, 0.5) is 0 Å². The van der Waals surface area contributed by atoms with Crippen LogP contribution >= 0.6 is 0 Å². The minimum atomic E-state index is -0.00699. The van der Waals surface area contributed by atoms with Crippen molar-refractivity contribution in [2.45, 2.75) is 46.2 Å². The first-order valence-electron chi connectivity index (χ1n) is 4.80. The summed E-state index contributed by atoms with van der Waals surface area (Å²) in [6.45, 7) is 6.72. The molecule has 1 rings (SSSR count). The normalized spacial score (nSPS) is 21.7. The van der Waals surface area contributed by atoms with Gasteiger partial charge in [0, 0.05) is 13.0 Å². The third-order valence-electron chi connectivity index (χ3n) is 1.92. The number of hydrogen-bond donors (Lipinski definition) is 1. The Kier molecular flexibility index (Phi) is 5.72. The number of nitrogens with two attached hydrogens (primary N) is 1. The van der Waals surface area contributed by atoms with Crippen LogP contribution in [0.25, 0.3) is 0 Å². The van der Waals surface area contributed by atoms with E-state index in [0.717, 1.165) is 19.4 Å². The highest BCUT2D eigenvalue weighted by Crippen LogP contribution is 2.13. The summed E-state index contributed by atoms with van der Waals surface area (Å²) in [7, 11) is 0. The van der Waals surface area contributed by atoms with Crippen LogP contribution in [0, 0.1) is 0 Å². The van der Waals surface area contributed by atoms with Gasteiger partial charge in [0.15, 0.2) is 0 Å². The molecule has 0 aliphatic carbocycles.